The maximum Gasteiger partial charge on any atom is 0.135 e. The lowest BCUT2D eigenvalue weighted by molar-refractivity contribution is 0.248. The Morgan fingerprint density at radius 3 is 2.79 bits per heavy atom. The Hall–Kier alpha value is -0.870. The zero-order chi connectivity index (χ0) is 13.9. The molecule has 0 aliphatic heterocycles. The van der Waals surface area contributed by atoms with Crippen molar-refractivity contribution in [3.05, 3.63) is 17.0 Å². The number of nitrogens with zero attached hydrogens (tertiary/aromatic N) is 2. The molecule has 2 N–H and O–H groups in total. The van der Waals surface area contributed by atoms with Gasteiger partial charge in [-0.2, -0.15) is 0 Å². The highest BCUT2D eigenvalue weighted by Crippen LogP contribution is 2.38. The predicted molar refractivity (Wildman–Crippen MR) is 77.6 cm³/mol. The maximum atomic E-state index is 8.90. The standard InChI is InChI=1S/C14H22ClN3O/c1-14(2,6-3-7-19)9-16-12-8-11(15)17-13(18-12)10-4-5-10/h8,10,19H,3-7,9H2,1-2H3,(H,16,17,18). The molecule has 4 nitrogen and oxygen atoms in total. The smallest absolute Gasteiger partial charge is 0.135 e. The Bertz CT molecular complexity index is 433. The minimum Gasteiger partial charge on any atom is -0.396 e. The molecule has 0 spiro atoms. The van der Waals surface area contributed by atoms with Crippen LogP contribution in [0.3, 0.4) is 0 Å². The average Bonchev–Trinajstić information content (AvgIpc) is 3.18. The molecule has 0 bridgehead atoms. The van der Waals surface area contributed by atoms with Crippen LogP contribution < -0.4 is 5.32 Å². The second-order valence-electron chi connectivity index (χ2n) is 6.05. The van der Waals surface area contributed by atoms with Gasteiger partial charge < -0.3 is 10.4 Å². The van der Waals surface area contributed by atoms with Gasteiger partial charge in [0.15, 0.2) is 0 Å². The summed E-state index contributed by atoms with van der Waals surface area (Å²) in [6.07, 6.45) is 4.14. The largest absolute Gasteiger partial charge is 0.396 e. The molecule has 1 heterocycles. The fourth-order valence-electron chi connectivity index (χ4n) is 2.03. The second-order valence-corrected chi connectivity index (χ2v) is 6.44. The minimum atomic E-state index is 0.125. The molecular weight excluding hydrogens is 262 g/mol. The van der Waals surface area contributed by atoms with E-state index < -0.39 is 0 Å². The van der Waals surface area contributed by atoms with Gasteiger partial charge in [-0.05, 0) is 31.1 Å². The monoisotopic (exact) mass is 283 g/mol. The van der Waals surface area contributed by atoms with E-state index in [0.717, 1.165) is 31.0 Å². The van der Waals surface area contributed by atoms with Gasteiger partial charge in [0.05, 0.1) is 0 Å². The van der Waals surface area contributed by atoms with Crippen molar-refractivity contribution in [2.45, 2.75) is 45.4 Å². The van der Waals surface area contributed by atoms with Crippen molar-refractivity contribution >= 4 is 17.4 Å². The van der Waals surface area contributed by atoms with Crippen LogP contribution in [-0.2, 0) is 0 Å². The Labute approximate surface area is 119 Å². The van der Waals surface area contributed by atoms with E-state index in [4.69, 9.17) is 16.7 Å². The summed E-state index contributed by atoms with van der Waals surface area (Å²) in [6, 6.07) is 1.77. The van der Waals surface area contributed by atoms with E-state index in [0.29, 0.717) is 11.1 Å². The molecule has 1 aromatic rings. The summed E-state index contributed by atoms with van der Waals surface area (Å²) in [5, 5.41) is 12.7. The van der Waals surface area contributed by atoms with Crippen molar-refractivity contribution in [1.82, 2.24) is 9.97 Å². The van der Waals surface area contributed by atoms with Crippen molar-refractivity contribution in [2.75, 3.05) is 18.5 Å². The van der Waals surface area contributed by atoms with E-state index in [2.05, 4.69) is 29.1 Å². The lowest BCUT2D eigenvalue weighted by Gasteiger charge is -2.25. The number of aliphatic hydroxyl groups is 1. The number of halogens is 1. The number of aliphatic hydroxyl groups excluding tert-OH is 1. The fourth-order valence-corrected chi connectivity index (χ4v) is 2.22. The van der Waals surface area contributed by atoms with Gasteiger partial charge in [0.1, 0.15) is 16.8 Å². The molecule has 0 atom stereocenters. The van der Waals surface area contributed by atoms with Crippen LogP contribution in [0.15, 0.2) is 6.07 Å². The molecule has 1 aromatic heterocycles. The van der Waals surface area contributed by atoms with E-state index >= 15 is 0 Å². The SMILES string of the molecule is CC(C)(CCCO)CNc1cc(Cl)nc(C2CC2)n1. The molecule has 1 aliphatic rings. The molecule has 0 unspecified atom stereocenters. The van der Waals surface area contributed by atoms with Crippen LogP contribution >= 0.6 is 11.6 Å². The van der Waals surface area contributed by atoms with Gasteiger partial charge in [0.2, 0.25) is 0 Å². The molecule has 0 radical (unpaired) electrons. The lowest BCUT2D eigenvalue weighted by atomic mass is 9.88. The lowest BCUT2D eigenvalue weighted by Crippen LogP contribution is -2.24. The first kappa shape index (κ1) is 14.5. The highest BCUT2D eigenvalue weighted by atomic mass is 35.5. The van der Waals surface area contributed by atoms with Crippen LogP contribution in [0.25, 0.3) is 0 Å². The molecule has 5 heteroatoms. The summed E-state index contributed by atoms with van der Waals surface area (Å²) in [5.74, 6) is 2.17. The Morgan fingerprint density at radius 1 is 1.42 bits per heavy atom. The molecule has 0 saturated heterocycles. The highest BCUT2D eigenvalue weighted by Gasteiger charge is 2.27. The second kappa shape index (κ2) is 6.06. The van der Waals surface area contributed by atoms with Crippen LogP contribution in [0.2, 0.25) is 5.15 Å². The van der Waals surface area contributed by atoms with Gasteiger partial charge in [-0.3, -0.25) is 0 Å². The molecule has 1 fully saturated rings. The summed E-state index contributed by atoms with van der Waals surface area (Å²) in [6.45, 7) is 5.42. The van der Waals surface area contributed by atoms with Crippen LogP contribution in [-0.4, -0.2) is 28.2 Å². The summed E-state index contributed by atoms with van der Waals surface area (Å²) in [5.41, 5.74) is 0.125. The number of hydrogen-bond acceptors (Lipinski definition) is 4. The third-order valence-electron chi connectivity index (χ3n) is 3.41. The number of aromatic nitrogens is 2. The summed E-state index contributed by atoms with van der Waals surface area (Å²) in [7, 11) is 0. The van der Waals surface area contributed by atoms with Crippen molar-refractivity contribution in [2.24, 2.45) is 5.41 Å². The van der Waals surface area contributed by atoms with Gasteiger partial charge in [0, 0.05) is 25.1 Å². The predicted octanol–water partition coefficient (Wildman–Crippen LogP) is 3.22. The van der Waals surface area contributed by atoms with Crippen molar-refractivity contribution in [1.29, 1.82) is 0 Å². The van der Waals surface area contributed by atoms with Gasteiger partial charge in [0.25, 0.3) is 0 Å². The molecular formula is C14H22ClN3O. The number of anilines is 1. The van der Waals surface area contributed by atoms with E-state index in [1.165, 1.54) is 12.8 Å². The summed E-state index contributed by atoms with van der Waals surface area (Å²) >= 11 is 6.03. The molecule has 2 rings (SSSR count). The fraction of sp³-hybridized carbons (Fsp3) is 0.714. The first-order valence-corrected chi connectivity index (χ1v) is 7.27. The molecule has 0 amide bonds. The molecule has 1 saturated carbocycles. The first-order valence-electron chi connectivity index (χ1n) is 6.89. The minimum absolute atomic E-state index is 0.125. The van der Waals surface area contributed by atoms with Crippen molar-refractivity contribution in [3.63, 3.8) is 0 Å². The zero-order valence-electron chi connectivity index (χ0n) is 11.6. The Kier molecular flexibility index (Phi) is 4.63. The van der Waals surface area contributed by atoms with Crippen LogP contribution in [0.5, 0.6) is 0 Å². The Morgan fingerprint density at radius 2 is 2.16 bits per heavy atom. The van der Waals surface area contributed by atoms with E-state index in [-0.39, 0.29) is 12.0 Å². The van der Waals surface area contributed by atoms with Crippen LogP contribution in [0.4, 0.5) is 5.82 Å². The Balaban J connectivity index is 1.95. The van der Waals surface area contributed by atoms with Gasteiger partial charge in [-0.1, -0.05) is 25.4 Å². The average molecular weight is 284 g/mol. The van der Waals surface area contributed by atoms with Gasteiger partial charge in [-0.15, -0.1) is 0 Å². The van der Waals surface area contributed by atoms with E-state index in [9.17, 15) is 0 Å². The topological polar surface area (TPSA) is 58.0 Å². The summed E-state index contributed by atoms with van der Waals surface area (Å²) in [4.78, 5) is 8.79. The van der Waals surface area contributed by atoms with Gasteiger partial charge >= 0.3 is 0 Å². The van der Waals surface area contributed by atoms with Crippen molar-refractivity contribution in [3.8, 4) is 0 Å². The van der Waals surface area contributed by atoms with Crippen molar-refractivity contribution < 1.29 is 5.11 Å². The number of nitrogens with one attached hydrogen (secondary N) is 1. The zero-order valence-corrected chi connectivity index (χ0v) is 12.4. The first-order chi connectivity index (χ1) is 9.00. The van der Waals surface area contributed by atoms with E-state index in [1.54, 1.807) is 6.07 Å². The molecule has 0 aromatic carbocycles. The van der Waals surface area contributed by atoms with E-state index in [1.807, 2.05) is 0 Å². The third-order valence-corrected chi connectivity index (χ3v) is 3.61. The molecule has 1 aliphatic carbocycles. The third kappa shape index (κ3) is 4.62. The summed E-state index contributed by atoms with van der Waals surface area (Å²) < 4.78 is 0. The maximum absolute atomic E-state index is 8.90. The van der Waals surface area contributed by atoms with Crippen LogP contribution in [0, 0.1) is 5.41 Å². The molecule has 106 valence electrons. The highest BCUT2D eigenvalue weighted by molar-refractivity contribution is 6.29. The number of rotatable bonds is 7. The normalized spacial score (nSPS) is 15.6. The molecule has 19 heavy (non-hydrogen) atoms. The van der Waals surface area contributed by atoms with Crippen LogP contribution in [0.1, 0.15) is 51.3 Å². The van der Waals surface area contributed by atoms with Gasteiger partial charge in [-0.25, -0.2) is 9.97 Å². The quantitative estimate of drug-likeness (QED) is 0.755. The number of hydrogen-bond donors (Lipinski definition) is 2.